The minimum Gasteiger partial charge on any atom is -0.335 e. The van der Waals surface area contributed by atoms with Gasteiger partial charge < -0.3 is 10.2 Å². The second-order valence-corrected chi connectivity index (χ2v) is 7.56. The lowest BCUT2D eigenvalue weighted by atomic mass is 9.74. The highest BCUT2D eigenvalue weighted by Gasteiger charge is 2.47. The summed E-state index contributed by atoms with van der Waals surface area (Å²) in [6, 6.07) is 13.3. The number of nitro benzene ring substituents is 1. The molecule has 0 amide bonds. The summed E-state index contributed by atoms with van der Waals surface area (Å²) in [4.78, 5) is 25.3. The third kappa shape index (κ3) is 3.72. The summed E-state index contributed by atoms with van der Waals surface area (Å²) in [6.07, 6.45) is 2.83. The van der Waals surface area contributed by atoms with Crippen molar-refractivity contribution in [3.63, 3.8) is 0 Å². The van der Waals surface area contributed by atoms with Crippen LogP contribution in [0.1, 0.15) is 31.2 Å². The minimum atomic E-state index is -0.929. The first-order chi connectivity index (χ1) is 13.4. The molecule has 1 aliphatic rings. The van der Waals surface area contributed by atoms with Gasteiger partial charge in [-0.15, -0.1) is 0 Å². The van der Waals surface area contributed by atoms with Gasteiger partial charge >= 0.3 is 0 Å². The van der Waals surface area contributed by atoms with Crippen molar-refractivity contribution in [3.05, 3.63) is 69.2 Å². The summed E-state index contributed by atoms with van der Waals surface area (Å²) in [7, 11) is 1.78. The predicted molar refractivity (Wildman–Crippen MR) is 114 cm³/mol. The number of likely N-dealkylation sites (N-methyl/N-ethyl adjacent to an activating group) is 1. The molecule has 1 aliphatic carbocycles. The molecule has 1 N–H and O–H groups in total. The van der Waals surface area contributed by atoms with Crippen molar-refractivity contribution in [1.82, 2.24) is 4.90 Å². The van der Waals surface area contributed by atoms with Crippen molar-refractivity contribution in [2.45, 2.75) is 31.2 Å². The number of Topliss-reactive ketones (excluding diaryl/α,β-unsaturated/α-hetero) is 1. The lowest BCUT2D eigenvalue weighted by Crippen LogP contribution is -2.55. The summed E-state index contributed by atoms with van der Waals surface area (Å²) in [5.41, 5.74) is 0.429. The number of ketones is 1. The van der Waals surface area contributed by atoms with Crippen LogP contribution in [0.3, 0.4) is 0 Å². The van der Waals surface area contributed by atoms with Gasteiger partial charge in [-0.3, -0.25) is 14.9 Å². The number of rotatable bonds is 4. The summed E-state index contributed by atoms with van der Waals surface area (Å²) in [5, 5.41) is 14.8. The van der Waals surface area contributed by atoms with Crippen LogP contribution in [0.5, 0.6) is 0 Å². The maximum Gasteiger partial charge on any atom is 0.269 e. The number of nitro groups is 1. The molecule has 28 heavy (non-hydrogen) atoms. The number of halogens is 1. The van der Waals surface area contributed by atoms with Gasteiger partial charge in [0.2, 0.25) is 0 Å². The molecule has 1 atom stereocenters. The maximum atomic E-state index is 13.1. The molecule has 2 aromatic rings. The number of anilines is 1. The lowest BCUT2D eigenvalue weighted by Gasteiger charge is -2.45. The molecule has 0 saturated heterocycles. The van der Waals surface area contributed by atoms with Gasteiger partial charge in [0.25, 0.3) is 5.69 Å². The van der Waals surface area contributed by atoms with Gasteiger partial charge in [-0.1, -0.05) is 29.8 Å². The maximum absolute atomic E-state index is 13.1. The fraction of sp³-hybridized carbons (Fsp3) is 0.300. The quantitative estimate of drug-likeness (QED) is 0.432. The van der Waals surface area contributed by atoms with Crippen LogP contribution in [-0.4, -0.2) is 27.8 Å². The van der Waals surface area contributed by atoms with Crippen molar-refractivity contribution in [2.75, 3.05) is 12.4 Å². The summed E-state index contributed by atoms with van der Waals surface area (Å²) in [5.74, 6) is 0.0854. The van der Waals surface area contributed by atoms with E-state index >= 15 is 0 Å². The van der Waals surface area contributed by atoms with Gasteiger partial charge in [0.15, 0.2) is 10.9 Å². The molecule has 0 aromatic heterocycles. The Labute approximate surface area is 173 Å². The number of nitrogens with zero attached hydrogens (tertiary/aromatic N) is 2. The van der Waals surface area contributed by atoms with E-state index in [9.17, 15) is 14.9 Å². The number of non-ortho nitro benzene ring substituents is 1. The number of carbonyl (C=O) groups excluding carboxylic acids is 1. The molecule has 0 unspecified atom stereocenters. The Morgan fingerprint density at radius 3 is 2.50 bits per heavy atom. The zero-order valence-corrected chi connectivity index (χ0v) is 16.9. The number of thiocarbonyl (C=S) groups is 1. The van der Waals surface area contributed by atoms with Crippen LogP contribution in [0.25, 0.3) is 0 Å². The van der Waals surface area contributed by atoms with Crippen LogP contribution >= 0.6 is 23.8 Å². The Morgan fingerprint density at radius 2 is 1.89 bits per heavy atom. The molecule has 2 aromatic carbocycles. The highest BCUT2D eigenvalue weighted by atomic mass is 35.5. The Balaban J connectivity index is 1.92. The molecular formula is C20H20ClN3O3S. The third-order valence-electron chi connectivity index (χ3n) is 5.18. The molecule has 1 fully saturated rings. The van der Waals surface area contributed by atoms with Gasteiger partial charge in [-0.2, -0.15) is 0 Å². The molecule has 1 saturated carbocycles. The molecule has 0 radical (unpaired) electrons. The summed E-state index contributed by atoms with van der Waals surface area (Å²) < 4.78 is 0. The SMILES string of the molecule is CN(C(=S)Nc1ccc([N+](=O)[O-])cc1)[C@]1(c2ccccc2Cl)CCCCC1=O. The Kier molecular flexibility index (Phi) is 5.96. The van der Waals surface area contributed by atoms with E-state index in [2.05, 4.69) is 5.32 Å². The third-order valence-corrected chi connectivity index (χ3v) is 5.89. The number of benzene rings is 2. The van der Waals surface area contributed by atoms with Crippen LogP contribution in [0, 0.1) is 10.1 Å². The van der Waals surface area contributed by atoms with Gasteiger partial charge in [0.05, 0.1) is 4.92 Å². The first-order valence-corrected chi connectivity index (χ1v) is 9.72. The standard InChI is InChI=1S/C20H20ClN3O3S/c1-23(19(28)22-14-9-11-15(12-10-14)24(26)27)20(13-5-4-8-18(20)25)16-6-2-3-7-17(16)21/h2-3,6-7,9-12H,4-5,8,13H2,1H3,(H,22,28)/t20-/m0/s1. The van der Waals surface area contributed by atoms with Crippen molar-refractivity contribution in [3.8, 4) is 0 Å². The number of nitrogens with one attached hydrogen (secondary N) is 1. The van der Waals surface area contributed by atoms with E-state index in [0.29, 0.717) is 28.7 Å². The van der Waals surface area contributed by atoms with Crippen LogP contribution < -0.4 is 5.32 Å². The molecular weight excluding hydrogens is 398 g/mol. The van der Waals surface area contributed by atoms with Gasteiger partial charge in [0, 0.05) is 41.9 Å². The largest absolute Gasteiger partial charge is 0.335 e. The van der Waals surface area contributed by atoms with Crippen LogP contribution in [0.4, 0.5) is 11.4 Å². The highest BCUT2D eigenvalue weighted by Crippen LogP contribution is 2.42. The van der Waals surface area contributed by atoms with Crippen LogP contribution in [0.15, 0.2) is 48.5 Å². The molecule has 8 heteroatoms. The van der Waals surface area contributed by atoms with Crippen molar-refractivity contribution < 1.29 is 9.72 Å². The smallest absolute Gasteiger partial charge is 0.269 e. The van der Waals surface area contributed by atoms with Gasteiger partial charge in [0.1, 0.15) is 5.54 Å². The molecule has 0 bridgehead atoms. The second-order valence-electron chi connectivity index (χ2n) is 6.76. The second kappa shape index (κ2) is 8.24. The van der Waals surface area contributed by atoms with E-state index in [1.54, 1.807) is 30.1 Å². The van der Waals surface area contributed by atoms with E-state index in [1.807, 2.05) is 18.2 Å². The molecule has 0 heterocycles. The first kappa shape index (κ1) is 20.2. The highest BCUT2D eigenvalue weighted by molar-refractivity contribution is 7.80. The van der Waals surface area contributed by atoms with E-state index in [-0.39, 0.29) is 11.5 Å². The van der Waals surface area contributed by atoms with E-state index < -0.39 is 10.5 Å². The molecule has 6 nitrogen and oxygen atoms in total. The fourth-order valence-corrected chi connectivity index (χ4v) is 4.24. The van der Waals surface area contributed by atoms with Crippen LogP contribution in [0.2, 0.25) is 5.02 Å². The zero-order chi connectivity index (χ0) is 20.3. The molecule has 0 spiro atoms. The number of hydrogen-bond acceptors (Lipinski definition) is 4. The predicted octanol–water partition coefficient (Wildman–Crippen LogP) is 4.92. The average Bonchev–Trinajstić information content (AvgIpc) is 2.69. The number of hydrogen-bond donors (Lipinski definition) is 1. The Hall–Kier alpha value is -2.51. The van der Waals surface area contributed by atoms with E-state index in [0.717, 1.165) is 18.4 Å². The minimum absolute atomic E-state index is 0.000168. The first-order valence-electron chi connectivity index (χ1n) is 8.94. The fourth-order valence-electron chi connectivity index (χ4n) is 3.68. The van der Waals surface area contributed by atoms with Crippen LogP contribution in [-0.2, 0) is 10.3 Å². The molecule has 0 aliphatic heterocycles. The van der Waals surface area contributed by atoms with Crippen molar-refractivity contribution in [1.29, 1.82) is 0 Å². The monoisotopic (exact) mass is 417 g/mol. The topological polar surface area (TPSA) is 75.5 Å². The summed E-state index contributed by atoms with van der Waals surface area (Å²) in [6.45, 7) is 0. The van der Waals surface area contributed by atoms with Gasteiger partial charge in [-0.25, -0.2) is 0 Å². The zero-order valence-electron chi connectivity index (χ0n) is 15.4. The normalized spacial score (nSPS) is 19.1. The van der Waals surface area contributed by atoms with Crippen molar-refractivity contribution in [2.24, 2.45) is 0 Å². The molecule has 3 rings (SSSR count). The van der Waals surface area contributed by atoms with Crippen molar-refractivity contribution >= 4 is 46.1 Å². The Morgan fingerprint density at radius 1 is 1.21 bits per heavy atom. The lowest BCUT2D eigenvalue weighted by molar-refractivity contribution is -0.384. The van der Waals surface area contributed by atoms with E-state index in [1.165, 1.54) is 12.1 Å². The Bertz CT molecular complexity index is 919. The van der Waals surface area contributed by atoms with E-state index in [4.69, 9.17) is 23.8 Å². The molecule has 146 valence electrons. The van der Waals surface area contributed by atoms with Gasteiger partial charge in [-0.05, 0) is 49.7 Å². The number of carbonyl (C=O) groups is 1. The average molecular weight is 418 g/mol. The summed E-state index contributed by atoms with van der Waals surface area (Å²) >= 11 is 12.0.